The lowest BCUT2D eigenvalue weighted by Gasteiger charge is -2.29. The molecule has 37 heavy (non-hydrogen) atoms. The minimum absolute atomic E-state index is 0.0352. The molecule has 15 heteroatoms. The Morgan fingerprint density at radius 2 is 1.70 bits per heavy atom. The molecule has 1 aromatic rings. The smallest absolute Gasteiger partial charge is 0.410 e. The lowest BCUT2D eigenvalue weighted by Crippen LogP contribution is -2.54. The van der Waals surface area contributed by atoms with E-state index in [1.807, 2.05) is 0 Å². The van der Waals surface area contributed by atoms with Gasteiger partial charge in [-0.3, -0.25) is 25.0 Å². The Balaban J connectivity index is 1.21. The van der Waals surface area contributed by atoms with E-state index in [2.05, 4.69) is 20.5 Å². The Morgan fingerprint density at radius 1 is 1.00 bits per heavy atom. The standard InChI is InChI=1S/C22H29N5O9S/c28-19(12-14-6-9-17(10-7-14)35-21(30)23-15-4-2-1-3-5-15)24-25-20(29)18-11-8-16-13-26(18)22(31)27(16)36-37(32,33)34/h6-7,9-10,15-16,18H,1-5,8,11-13H2,(H,23,30)(H,24,28)(H,25,29)(H,32,33,34)/t16-,18+/m1/s1. The van der Waals surface area contributed by atoms with Gasteiger partial charge in [0, 0.05) is 12.6 Å². The van der Waals surface area contributed by atoms with Gasteiger partial charge in [-0.1, -0.05) is 31.4 Å². The number of hydrogen-bond acceptors (Lipinski definition) is 8. The van der Waals surface area contributed by atoms with Gasteiger partial charge in [0.2, 0.25) is 5.91 Å². The third-order valence-corrected chi connectivity index (χ3v) is 6.90. The topological polar surface area (TPSA) is 184 Å². The Morgan fingerprint density at radius 3 is 2.38 bits per heavy atom. The van der Waals surface area contributed by atoms with Crippen molar-refractivity contribution in [3.05, 3.63) is 29.8 Å². The number of piperidine rings is 1. The summed E-state index contributed by atoms with van der Waals surface area (Å²) in [5.74, 6) is -0.833. The average Bonchev–Trinajstić information content (AvgIpc) is 3.08. The lowest BCUT2D eigenvalue weighted by atomic mass is 9.96. The molecular weight excluding hydrogens is 510 g/mol. The predicted molar refractivity (Wildman–Crippen MR) is 126 cm³/mol. The molecule has 0 aromatic heterocycles. The van der Waals surface area contributed by atoms with Gasteiger partial charge in [0.1, 0.15) is 11.8 Å². The number of benzene rings is 1. The van der Waals surface area contributed by atoms with Gasteiger partial charge in [0.05, 0.1) is 12.5 Å². The molecule has 3 aliphatic rings. The molecule has 1 aromatic carbocycles. The van der Waals surface area contributed by atoms with Gasteiger partial charge in [0.15, 0.2) is 0 Å². The fourth-order valence-electron chi connectivity index (χ4n) is 4.77. The normalized spacial score (nSPS) is 21.9. The first-order chi connectivity index (χ1) is 17.6. The van der Waals surface area contributed by atoms with Gasteiger partial charge >= 0.3 is 22.5 Å². The van der Waals surface area contributed by atoms with Gasteiger partial charge in [-0.2, -0.15) is 13.5 Å². The Bertz CT molecular complexity index is 1140. The highest BCUT2D eigenvalue weighted by molar-refractivity contribution is 7.80. The number of amides is 5. The lowest BCUT2D eigenvalue weighted by molar-refractivity contribution is -0.131. The van der Waals surface area contributed by atoms with Crippen LogP contribution in [-0.2, 0) is 30.7 Å². The van der Waals surface area contributed by atoms with E-state index in [4.69, 9.17) is 9.29 Å². The van der Waals surface area contributed by atoms with Crippen molar-refractivity contribution in [1.82, 2.24) is 26.1 Å². The van der Waals surface area contributed by atoms with Crippen molar-refractivity contribution in [2.45, 2.75) is 69.5 Å². The van der Waals surface area contributed by atoms with Crippen LogP contribution in [0.2, 0.25) is 0 Å². The molecule has 0 radical (unpaired) electrons. The second-order valence-corrected chi connectivity index (χ2v) is 10.2. The Hall–Kier alpha value is -3.43. The molecule has 3 fully saturated rings. The number of nitrogens with one attached hydrogen (secondary N) is 3. The summed E-state index contributed by atoms with van der Waals surface area (Å²) in [4.78, 5) is 50.4. The molecule has 2 bridgehead atoms. The number of fused-ring (bicyclic) bond motifs is 2. The number of ether oxygens (including phenoxy) is 1. The minimum Gasteiger partial charge on any atom is -0.410 e. The average molecular weight is 540 g/mol. The molecule has 1 aliphatic carbocycles. The van der Waals surface area contributed by atoms with Crippen LogP contribution < -0.4 is 20.9 Å². The van der Waals surface area contributed by atoms with Crippen molar-refractivity contribution < 1.29 is 41.2 Å². The zero-order valence-corrected chi connectivity index (χ0v) is 20.7. The van der Waals surface area contributed by atoms with Gasteiger partial charge in [-0.05, 0) is 43.4 Å². The number of rotatable bonds is 7. The summed E-state index contributed by atoms with van der Waals surface area (Å²) < 4.78 is 40.4. The SMILES string of the molecule is O=C(Cc1ccc(OC(=O)NC2CCCCC2)cc1)NNC(=O)[C@@H]1CC[C@@H]2CN1C(=O)N2OS(=O)(=O)O. The summed E-state index contributed by atoms with van der Waals surface area (Å²) in [6.45, 7) is 0.0352. The van der Waals surface area contributed by atoms with Crippen molar-refractivity contribution in [3.8, 4) is 5.75 Å². The van der Waals surface area contributed by atoms with Crippen LogP contribution >= 0.6 is 0 Å². The summed E-state index contributed by atoms with van der Waals surface area (Å²) in [5, 5.41) is 3.39. The van der Waals surface area contributed by atoms with Crippen LogP contribution in [0.4, 0.5) is 9.59 Å². The fourth-order valence-corrected chi connectivity index (χ4v) is 5.16. The van der Waals surface area contributed by atoms with Crippen molar-refractivity contribution in [1.29, 1.82) is 0 Å². The molecule has 4 N–H and O–H groups in total. The second kappa shape index (κ2) is 11.3. The Kier molecular flexibility index (Phi) is 8.14. The monoisotopic (exact) mass is 539 g/mol. The van der Waals surface area contributed by atoms with E-state index in [1.54, 1.807) is 24.3 Å². The van der Waals surface area contributed by atoms with Crippen molar-refractivity contribution in [3.63, 3.8) is 0 Å². The number of hydroxylamine groups is 2. The first-order valence-corrected chi connectivity index (χ1v) is 13.4. The highest BCUT2D eigenvalue weighted by atomic mass is 32.3. The molecule has 2 aliphatic heterocycles. The van der Waals surface area contributed by atoms with E-state index >= 15 is 0 Å². The maximum atomic E-state index is 12.6. The quantitative estimate of drug-likeness (QED) is 0.287. The Labute approximate surface area is 213 Å². The van der Waals surface area contributed by atoms with Crippen LogP contribution in [-0.4, -0.2) is 71.5 Å². The molecule has 2 heterocycles. The maximum Gasteiger partial charge on any atom is 0.418 e. The van der Waals surface area contributed by atoms with Gasteiger partial charge in [-0.25, -0.2) is 9.59 Å². The molecular formula is C22H29N5O9S. The van der Waals surface area contributed by atoms with Crippen LogP contribution in [0.15, 0.2) is 24.3 Å². The highest BCUT2D eigenvalue weighted by Crippen LogP contribution is 2.30. The van der Waals surface area contributed by atoms with E-state index in [1.165, 1.54) is 6.42 Å². The van der Waals surface area contributed by atoms with Crippen LogP contribution in [0.5, 0.6) is 5.75 Å². The molecule has 2 atom stereocenters. The van der Waals surface area contributed by atoms with Crippen LogP contribution in [0.3, 0.4) is 0 Å². The van der Waals surface area contributed by atoms with E-state index in [0.29, 0.717) is 16.4 Å². The summed E-state index contributed by atoms with van der Waals surface area (Å²) in [6.07, 6.45) is 5.12. The number of hydrazine groups is 1. The van der Waals surface area contributed by atoms with Gasteiger partial charge in [0.25, 0.3) is 5.91 Å². The van der Waals surface area contributed by atoms with Crippen molar-refractivity contribution in [2.24, 2.45) is 0 Å². The van der Waals surface area contributed by atoms with E-state index in [0.717, 1.165) is 30.6 Å². The van der Waals surface area contributed by atoms with Crippen molar-refractivity contribution >= 4 is 34.3 Å². The fraction of sp³-hybridized carbons (Fsp3) is 0.545. The predicted octanol–water partition coefficient (Wildman–Crippen LogP) is 0.801. The third kappa shape index (κ3) is 7.08. The number of hydrogen-bond donors (Lipinski definition) is 4. The molecule has 2 saturated heterocycles. The number of carbonyl (C=O) groups is 4. The number of nitrogens with zero attached hydrogens (tertiary/aromatic N) is 2. The summed E-state index contributed by atoms with van der Waals surface area (Å²) in [6, 6.07) is 4.06. The zero-order valence-electron chi connectivity index (χ0n) is 19.9. The zero-order chi connectivity index (χ0) is 26.6. The molecule has 14 nitrogen and oxygen atoms in total. The third-order valence-electron chi connectivity index (χ3n) is 6.55. The molecule has 202 valence electrons. The largest absolute Gasteiger partial charge is 0.418 e. The van der Waals surface area contributed by atoms with Crippen LogP contribution in [0, 0.1) is 0 Å². The molecule has 0 unspecified atom stereocenters. The summed E-state index contributed by atoms with van der Waals surface area (Å²) in [7, 11) is -4.89. The number of carbonyl (C=O) groups excluding carboxylic acids is 4. The minimum atomic E-state index is -4.89. The van der Waals surface area contributed by atoms with Crippen LogP contribution in [0.1, 0.15) is 50.5 Å². The van der Waals surface area contributed by atoms with Gasteiger partial charge in [-0.15, -0.1) is 4.28 Å². The van der Waals surface area contributed by atoms with E-state index in [-0.39, 0.29) is 31.8 Å². The number of urea groups is 1. The molecule has 4 rings (SSSR count). The molecule has 5 amide bonds. The second-order valence-electron chi connectivity index (χ2n) is 9.24. The summed E-state index contributed by atoms with van der Waals surface area (Å²) >= 11 is 0. The van der Waals surface area contributed by atoms with Crippen molar-refractivity contribution in [2.75, 3.05) is 6.54 Å². The molecule has 1 saturated carbocycles. The van der Waals surface area contributed by atoms with E-state index in [9.17, 15) is 27.6 Å². The summed E-state index contributed by atoms with van der Waals surface area (Å²) in [5.41, 5.74) is 5.18. The maximum absolute atomic E-state index is 12.6. The molecule has 0 spiro atoms. The first-order valence-electron chi connectivity index (χ1n) is 12.0. The highest BCUT2D eigenvalue weighted by Gasteiger charge is 2.49. The van der Waals surface area contributed by atoms with Gasteiger partial charge < -0.3 is 15.0 Å². The first kappa shape index (κ1) is 26.6. The van der Waals surface area contributed by atoms with Crippen LogP contribution in [0.25, 0.3) is 0 Å². The van der Waals surface area contributed by atoms with E-state index < -0.39 is 46.4 Å².